The molecule has 25 heavy (non-hydrogen) atoms. The summed E-state index contributed by atoms with van der Waals surface area (Å²) in [6.45, 7) is 1.43. The molecule has 0 aromatic heterocycles. The van der Waals surface area contributed by atoms with Gasteiger partial charge in [0.1, 0.15) is 16.4 Å². The van der Waals surface area contributed by atoms with Crippen LogP contribution in [0.2, 0.25) is 0 Å². The van der Waals surface area contributed by atoms with E-state index in [-0.39, 0.29) is 9.81 Å². The van der Waals surface area contributed by atoms with E-state index in [1.807, 2.05) is 24.4 Å². The summed E-state index contributed by atoms with van der Waals surface area (Å²) in [7, 11) is 0. The van der Waals surface area contributed by atoms with E-state index in [1.165, 1.54) is 0 Å². The second-order valence-electron chi connectivity index (χ2n) is 5.18. The smallest absolute Gasteiger partial charge is 0.294 e. The van der Waals surface area contributed by atoms with Gasteiger partial charge in [-0.05, 0) is 42.6 Å². The number of hydrogen-bond donors (Lipinski definition) is 2. The van der Waals surface area contributed by atoms with Crippen LogP contribution in [0.25, 0.3) is 0 Å². The van der Waals surface area contributed by atoms with Crippen LogP contribution in [0.4, 0.5) is 15.3 Å². The minimum Gasteiger partial charge on any atom is -0.325 e. The topological polar surface area (TPSA) is 113 Å². The average molecular weight is 377 g/mol. The molecular weight excluding hydrogens is 366 g/mol. The summed E-state index contributed by atoms with van der Waals surface area (Å²) in [6, 6.07) is 7.03. The number of nitrogens with one attached hydrogen (secondary N) is 2. The summed E-state index contributed by atoms with van der Waals surface area (Å²) in [5, 5.41) is 3.34. The number of thioether (sulfide) groups is 2. The van der Waals surface area contributed by atoms with E-state index in [9.17, 15) is 24.0 Å². The lowest BCUT2D eigenvalue weighted by atomic mass is 10.2. The number of amides is 5. The number of carbonyl (C=O) groups excluding carboxylic acids is 5. The van der Waals surface area contributed by atoms with Gasteiger partial charge in [0.2, 0.25) is 5.91 Å². The summed E-state index contributed by atoms with van der Waals surface area (Å²) in [5.41, 5.74) is 1.56. The molecule has 2 saturated heterocycles. The molecule has 0 bridgehead atoms. The highest BCUT2D eigenvalue weighted by atomic mass is 32.2. The molecular formula is C15H11N3O5S2. The standard InChI is InChI=1S/C15H11N3O5S2/c1-7-2-4-8(5-3-7)16-9(19)6-18-13(21)11(25-15(18)23)10-12(20)17-14(22)24-10/h2-5H,6H2,1H3,(H,16,19)(H,17,20,22)/b11-10+. The maximum atomic E-state index is 12.3. The zero-order valence-corrected chi connectivity index (χ0v) is 14.5. The number of benzene rings is 1. The minimum atomic E-state index is -0.763. The summed E-state index contributed by atoms with van der Waals surface area (Å²) in [5.74, 6) is -2.02. The molecule has 3 rings (SSSR count). The van der Waals surface area contributed by atoms with Crippen molar-refractivity contribution in [1.29, 1.82) is 0 Å². The fraction of sp³-hybridized carbons (Fsp3) is 0.133. The monoisotopic (exact) mass is 377 g/mol. The number of nitrogens with zero attached hydrogens (tertiary/aromatic N) is 1. The molecule has 2 N–H and O–H groups in total. The number of anilines is 1. The van der Waals surface area contributed by atoms with E-state index in [4.69, 9.17) is 0 Å². The zero-order chi connectivity index (χ0) is 18.1. The van der Waals surface area contributed by atoms with Crippen molar-refractivity contribution in [3.8, 4) is 0 Å². The van der Waals surface area contributed by atoms with Crippen molar-refractivity contribution in [2.24, 2.45) is 0 Å². The lowest BCUT2D eigenvalue weighted by Gasteiger charge is -2.12. The van der Waals surface area contributed by atoms with Gasteiger partial charge in [-0.25, -0.2) is 0 Å². The van der Waals surface area contributed by atoms with Crippen LogP contribution in [0.3, 0.4) is 0 Å². The Morgan fingerprint density at radius 2 is 1.76 bits per heavy atom. The molecule has 8 nitrogen and oxygen atoms in total. The third-order valence-corrected chi connectivity index (χ3v) is 5.30. The number of imide groups is 2. The van der Waals surface area contributed by atoms with Gasteiger partial charge in [-0.15, -0.1) is 0 Å². The van der Waals surface area contributed by atoms with Crippen LogP contribution in [0.15, 0.2) is 34.1 Å². The predicted octanol–water partition coefficient (Wildman–Crippen LogP) is 1.82. The zero-order valence-electron chi connectivity index (χ0n) is 12.8. The van der Waals surface area contributed by atoms with Gasteiger partial charge >= 0.3 is 0 Å². The minimum absolute atomic E-state index is 0.116. The molecule has 128 valence electrons. The third kappa shape index (κ3) is 3.59. The van der Waals surface area contributed by atoms with E-state index >= 15 is 0 Å². The van der Waals surface area contributed by atoms with Gasteiger partial charge < -0.3 is 5.32 Å². The van der Waals surface area contributed by atoms with Crippen LogP contribution in [0.5, 0.6) is 0 Å². The Morgan fingerprint density at radius 1 is 1.08 bits per heavy atom. The number of hydrogen-bond acceptors (Lipinski definition) is 7. The Hall–Kier alpha value is -2.59. The SMILES string of the molecule is Cc1ccc(NC(=O)CN2C(=O)S/C(=C3/SC(=O)NC3=O)C2=O)cc1. The molecule has 1 aromatic rings. The molecule has 10 heteroatoms. The number of aryl methyl sites for hydroxylation is 1. The predicted molar refractivity (Wildman–Crippen MR) is 92.7 cm³/mol. The molecule has 0 spiro atoms. The van der Waals surface area contributed by atoms with Crippen molar-refractivity contribution in [2.45, 2.75) is 6.92 Å². The first-order chi connectivity index (χ1) is 11.8. The van der Waals surface area contributed by atoms with Crippen LogP contribution in [0, 0.1) is 6.92 Å². The highest BCUT2D eigenvalue weighted by molar-refractivity contribution is 8.22. The fourth-order valence-corrected chi connectivity index (χ4v) is 3.83. The Balaban J connectivity index is 1.72. The third-order valence-electron chi connectivity index (χ3n) is 3.31. The van der Waals surface area contributed by atoms with Crippen LogP contribution < -0.4 is 10.6 Å². The lowest BCUT2D eigenvalue weighted by molar-refractivity contribution is -0.127. The quantitative estimate of drug-likeness (QED) is 0.773. The molecule has 2 aliphatic rings. The van der Waals surface area contributed by atoms with Crippen LogP contribution in [-0.2, 0) is 14.4 Å². The average Bonchev–Trinajstić information content (AvgIpc) is 3.02. The molecule has 0 aliphatic carbocycles. The Morgan fingerprint density at radius 3 is 2.36 bits per heavy atom. The van der Waals surface area contributed by atoms with Crippen molar-refractivity contribution in [2.75, 3.05) is 11.9 Å². The molecule has 0 unspecified atom stereocenters. The maximum absolute atomic E-state index is 12.3. The van der Waals surface area contributed by atoms with Crippen LogP contribution >= 0.6 is 23.5 Å². The molecule has 2 fully saturated rings. The summed E-state index contributed by atoms with van der Waals surface area (Å²) >= 11 is 1.10. The molecule has 2 heterocycles. The van der Waals surface area contributed by atoms with Gasteiger partial charge in [-0.1, -0.05) is 17.7 Å². The molecule has 0 radical (unpaired) electrons. The van der Waals surface area contributed by atoms with Gasteiger partial charge in [-0.3, -0.25) is 34.2 Å². The van der Waals surface area contributed by atoms with E-state index in [0.29, 0.717) is 29.2 Å². The van der Waals surface area contributed by atoms with Crippen molar-refractivity contribution in [3.63, 3.8) is 0 Å². The summed E-state index contributed by atoms with van der Waals surface area (Å²) in [4.78, 5) is 59.7. The molecule has 0 saturated carbocycles. The first-order valence-corrected chi connectivity index (χ1v) is 8.66. The molecule has 2 aliphatic heterocycles. The van der Waals surface area contributed by atoms with Gasteiger partial charge in [0, 0.05) is 5.69 Å². The summed E-state index contributed by atoms with van der Waals surface area (Å²) in [6.07, 6.45) is 0. The first-order valence-electron chi connectivity index (χ1n) is 7.03. The second kappa shape index (κ2) is 6.73. The van der Waals surface area contributed by atoms with E-state index in [2.05, 4.69) is 5.32 Å². The Labute approximate surface area is 150 Å². The largest absolute Gasteiger partial charge is 0.325 e. The fourth-order valence-electron chi connectivity index (χ4n) is 2.12. The van der Waals surface area contributed by atoms with Crippen LogP contribution in [0.1, 0.15) is 5.56 Å². The van der Waals surface area contributed by atoms with Crippen molar-refractivity contribution < 1.29 is 24.0 Å². The van der Waals surface area contributed by atoms with E-state index in [0.717, 1.165) is 10.5 Å². The maximum Gasteiger partial charge on any atom is 0.294 e. The number of rotatable bonds is 3. The van der Waals surface area contributed by atoms with Crippen molar-refractivity contribution in [1.82, 2.24) is 10.2 Å². The highest BCUT2D eigenvalue weighted by Crippen LogP contribution is 2.38. The Kier molecular flexibility index (Phi) is 4.64. The van der Waals surface area contributed by atoms with Crippen LogP contribution in [-0.4, -0.2) is 39.6 Å². The molecule has 1 aromatic carbocycles. The highest BCUT2D eigenvalue weighted by Gasteiger charge is 2.42. The molecule has 5 amide bonds. The van der Waals surface area contributed by atoms with Gasteiger partial charge in [0.15, 0.2) is 0 Å². The van der Waals surface area contributed by atoms with Gasteiger partial charge in [-0.2, -0.15) is 0 Å². The first kappa shape index (κ1) is 17.2. The molecule has 0 atom stereocenters. The summed E-state index contributed by atoms with van der Waals surface area (Å²) < 4.78 is 0. The second-order valence-corrected chi connectivity index (χ2v) is 7.12. The Bertz CT molecular complexity index is 847. The van der Waals surface area contributed by atoms with Crippen molar-refractivity contribution >= 4 is 57.4 Å². The van der Waals surface area contributed by atoms with E-state index < -0.39 is 34.7 Å². The lowest BCUT2D eigenvalue weighted by Crippen LogP contribution is -2.36. The van der Waals surface area contributed by atoms with Crippen molar-refractivity contribution in [3.05, 3.63) is 39.6 Å². The van der Waals surface area contributed by atoms with Gasteiger partial charge in [0.05, 0.1) is 0 Å². The van der Waals surface area contributed by atoms with E-state index in [1.54, 1.807) is 12.1 Å². The normalized spacial score (nSPS) is 20.3. The van der Waals surface area contributed by atoms with Gasteiger partial charge in [0.25, 0.3) is 22.3 Å². The number of carbonyl (C=O) groups is 5.